The van der Waals surface area contributed by atoms with Gasteiger partial charge in [-0.25, -0.2) is 4.39 Å². The van der Waals surface area contributed by atoms with Crippen LogP contribution >= 0.6 is 0 Å². The number of carbonyl (C=O) groups is 1. The van der Waals surface area contributed by atoms with Gasteiger partial charge in [-0.05, 0) is 42.8 Å². The van der Waals surface area contributed by atoms with Gasteiger partial charge in [0.15, 0.2) is 5.78 Å². The summed E-state index contributed by atoms with van der Waals surface area (Å²) in [6.45, 7) is 1.47. The van der Waals surface area contributed by atoms with Crippen molar-refractivity contribution in [2.24, 2.45) is 0 Å². The minimum Gasteiger partial charge on any atom is -0.295 e. The minimum atomic E-state index is -0.341. The zero-order valence-electron chi connectivity index (χ0n) is 10.9. The van der Waals surface area contributed by atoms with Crippen LogP contribution in [0.1, 0.15) is 17.3 Å². The first-order chi connectivity index (χ1) is 9.66. The van der Waals surface area contributed by atoms with Crippen molar-refractivity contribution < 1.29 is 9.18 Å². The molecule has 1 aromatic heterocycles. The van der Waals surface area contributed by atoms with Crippen molar-refractivity contribution >= 4 is 16.7 Å². The van der Waals surface area contributed by atoms with Gasteiger partial charge in [-0.15, -0.1) is 0 Å². The van der Waals surface area contributed by atoms with Gasteiger partial charge < -0.3 is 0 Å². The Bertz CT molecular complexity index is 806. The van der Waals surface area contributed by atoms with Crippen LogP contribution in [0.25, 0.3) is 22.0 Å². The molecule has 3 aromatic rings. The average Bonchev–Trinajstić information content (AvgIpc) is 2.47. The Balaban J connectivity index is 2.30. The third-order valence-electron chi connectivity index (χ3n) is 3.31. The summed E-state index contributed by atoms with van der Waals surface area (Å²) >= 11 is 0. The average molecular weight is 265 g/mol. The van der Waals surface area contributed by atoms with Crippen LogP contribution in [0.4, 0.5) is 4.39 Å². The molecule has 3 heteroatoms. The topological polar surface area (TPSA) is 30.0 Å². The molecule has 2 aromatic carbocycles. The normalized spacial score (nSPS) is 10.7. The molecule has 0 fully saturated rings. The number of hydrogen-bond acceptors (Lipinski definition) is 2. The van der Waals surface area contributed by atoms with E-state index in [2.05, 4.69) is 4.98 Å². The molecule has 0 N–H and O–H groups in total. The van der Waals surface area contributed by atoms with E-state index in [0.717, 1.165) is 16.5 Å². The summed E-state index contributed by atoms with van der Waals surface area (Å²) in [4.78, 5) is 15.7. The molecule has 2 nitrogen and oxygen atoms in total. The van der Waals surface area contributed by atoms with Crippen LogP contribution in [0.15, 0.2) is 54.7 Å². The molecule has 3 rings (SSSR count). The van der Waals surface area contributed by atoms with E-state index < -0.39 is 0 Å². The van der Waals surface area contributed by atoms with Crippen LogP contribution in [0, 0.1) is 5.82 Å². The van der Waals surface area contributed by atoms with E-state index in [0.29, 0.717) is 11.1 Å². The molecule has 0 aliphatic heterocycles. The molecule has 0 aliphatic carbocycles. The van der Waals surface area contributed by atoms with E-state index in [-0.39, 0.29) is 11.6 Å². The summed E-state index contributed by atoms with van der Waals surface area (Å²) < 4.78 is 14.1. The third kappa shape index (κ3) is 2.07. The van der Waals surface area contributed by atoms with Crippen molar-refractivity contribution in [2.45, 2.75) is 6.92 Å². The molecular weight excluding hydrogens is 253 g/mol. The Hall–Kier alpha value is -2.55. The Morgan fingerprint density at radius 2 is 1.90 bits per heavy atom. The first-order valence-electron chi connectivity index (χ1n) is 6.31. The van der Waals surface area contributed by atoms with Gasteiger partial charge in [0.2, 0.25) is 0 Å². The second kappa shape index (κ2) is 4.85. The van der Waals surface area contributed by atoms with Crippen molar-refractivity contribution in [3.05, 3.63) is 66.1 Å². The first-order valence-corrected chi connectivity index (χ1v) is 6.31. The number of benzene rings is 2. The van der Waals surface area contributed by atoms with Crippen molar-refractivity contribution in [3.8, 4) is 11.1 Å². The predicted molar refractivity (Wildman–Crippen MR) is 77.1 cm³/mol. The molecule has 0 saturated heterocycles. The molecule has 0 amide bonds. The van der Waals surface area contributed by atoms with Gasteiger partial charge in [0, 0.05) is 22.7 Å². The lowest BCUT2D eigenvalue weighted by Crippen LogP contribution is -1.95. The van der Waals surface area contributed by atoms with Crippen molar-refractivity contribution in [1.29, 1.82) is 0 Å². The van der Waals surface area contributed by atoms with Gasteiger partial charge in [0.1, 0.15) is 5.82 Å². The Labute approximate surface area is 115 Å². The molecule has 0 bridgehead atoms. The van der Waals surface area contributed by atoms with Crippen LogP contribution in [0.5, 0.6) is 0 Å². The van der Waals surface area contributed by atoms with Gasteiger partial charge >= 0.3 is 0 Å². The number of rotatable bonds is 2. The molecule has 0 radical (unpaired) electrons. The first kappa shape index (κ1) is 12.5. The number of pyridine rings is 1. The van der Waals surface area contributed by atoms with E-state index in [1.165, 1.54) is 19.1 Å². The van der Waals surface area contributed by atoms with E-state index in [1.54, 1.807) is 12.3 Å². The maximum Gasteiger partial charge on any atom is 0.159 e. The fourth-order valence-corrected chi connectivity index (χ4v) is 2.29. The lowest BCUT2D eigenvalue weighted by atomic mass is 9.97. The number of fused-ring (bicyclic) bond motifs is 1. The third-order valence-corrected chi connectivity index (χ3v) is 3.31. The van der Waals surface area contributed by atoms with Gasteiger partial charge in [-0.1, -0.05) is 18.2 Å². The molecule has 1 heterocycles. The predicted octanol–water partition coefficient (Wildman–Crippen LogP) is 4.24. The van der Waals surface area contributed by atoms with E-state index >= 15 is 0 Å². The summed E-state index contributed by atoms with van der Waals surface area (Å²) in [5.74, 6) is -0.420. The van der Waals surface area contributed by atoms with Crippen molar-refractivity contribution in [1.82, 2.24) is 4.98 Å². The molecule has 0 aliphatic rings. The van der Waals surface area contributed by atoms with Crippen LogP contribution in [0.3, 0.4) is 0 Å². The Kier molecular flexibility index (Phi) is 3.03. The number of Topliss-reactive ketones (excluding diaryl/α,β-unsaturated/α-hetero) is 1. The number of halogens is 1. The van der Waals surface area contributed by atoms with Gasteiger partial charge in [0.25, 0.3) is 0 Å². The lowest BCUT2D eigenvalue weighted by Gasteiger charge is -2.08. The molecule has 20 heavy (non-hydrogen) atoms. The molecule has 0 spiro atoms. The summed E-state index contributed by atoms with van der Waals surface area (Å²) in [5, 5.41) is 0.870. The number of carbonyl (C=O) groups excluding carboxylic acids is 1. The highest BCUT2D eigenvalue weighted by Crippen LogP contribution is 2.30. The van der Waals surface area contributed by atoms with Crippen LogP contribution in [-0.4, -0.2) is 10.8 Å². The van der Waals surface area contributed by atoms with E-state index in [1.807, 2.05) is 30.3 Å². The monoisotopic (exact) mass is 265 g/mol. The Morgan fingerprint density at radius 3 is 2.70 bits per heavy atom. The fourth-order valence-electron chi connectivity index (χ4n) is 2.29. The largest absolute Gasteiger partial charge is 0.295 e. The Morgan fingerprint density at radius 1 is 1.05 bits per heavy atom. The molecule has 0 unspecified atom stereocenters. The summed E-state index contributed by atoms with van der Waals surface area (Å²) in [6.07, 6.45) is 1.70. The highest BCUT2D eigenvalue weighted by Gasteiger charge is 2.11. The summed E-state index contributed by atoms with van der Waals surface area (Å²) in [6, 6.07) is 13.7. The molecule has 0 saturated carbocycles. The molecule has 98 valence electrons. The standard InChI is InChI=1S/C17H12FNO/c1-11(20)12-7-8-16(18)15(10-12)13-4-2-6-17-14(13)5-3-9-19-17/h2-10H,1H3. The molecule has 0 atom stereocenters. The smallest absolute Gasteiger partial charge is 0.159 e. The summed E-state index contributed by atoms with van der Waals surface area (Å²) in [7, 11) is 0. The SMILES string of the molecule is CC(=O)c1ccc(F)c(-c2cccc3ncccc23)c1. The van der Waals surface area contributed by atoms with Crippen molar-refractivity contribution in [3.63, 3.8) is 0 Å². The quantitative estimate of drug-likeness (QED) is 0.648. The highest BCUT2D eigenvalue weighted by atomic mass is 19.1. The van der Waals surface area contributed by atoms with E-state index in [4.69, 9.17) is 0 Å². The van der Waals surface area contributed by atoms with E-state index in [9.17, 15) is 9.18 Å². The van der Waals surface area contributed by atoms with Gasteiger partial charge in [-0.2, -0.15) is 0 Å². The van der Waals surface area contributed by atoms with Gasteiger partial charge in [-0.3, -0.25) is 9.78 Å². The zero-order valence-corrected chi connectivity index (χ0v) is 10.9. The minimum absolute atomic E-state index is 0.0791. The van der Waals surface area contributed by atoms with Crippen LogP contribution in [-0.2, 0) is 0 Å². The maximum atomic E-state index is 14.1. The lowest BCUT2D eigenvalue weighted by molar-refractivity contribution is 0.101. The van der Waals surface area contributed by atoms with Crippen LogP contribution in [0.2, 0.25) is 0 Å². The molecular formula is C17H12FNO. The number of nitrogens with zero attached hydrogens (tertiary/aromatic N) is 1. The summed E-state index contributed by atoms with van der Waals surface area (Å²) in [5.41, 5.74) is 2.48. The zero-order chi connectivity index (χ0) is 14.1. The van der Waals surface area contributed by atoms with Crippen LogP contribution < -0.4 is 0 Å². The second-order valence-corrected chi connectivity index (χ2v) is 4.63. The number of hydrogen-bond donors (Lipinski definition) is 0. The number of aromatic nitrogens is 1. The van der Waals surface area contributed by atoms with Gasteiger partial charge in [0.05, 0.1) is 5.52 Å². The van der Waals surface area contributed by atoms with Crippen molar-refractivity contribution in [2.75, 3.05) is 0 Å². The highest BCUT2D eigenvalue weighted by molar-refractivity contribution is 5.98. The fraction of sp³-hybridized carbons (Fsp3) is 0.0588. The maximum absolute atomic E-state index is 14.1. The second-order valence-electron chi connectivity index (χ2n) is 4.63. The number of ketones is 1.